The van der Waals surface area contributed by atoms with Gasteiger partial charge in [-0.3, -0.25) is 0 Å². The average Bonchev–Trinajstić information content (AvgIpc) is 2.48. The zero-order chi connectivity index (χ0) is 14.8. The fourth-order valence-corrected chi connectivity index (χ4v) is 2.14. The molecule has 0 aliphatic carbocycles. The van der Waals surface area contributed by atoms with Crippen molar-refractivity contribution in [1.29, 1.82) is 0 Å². The third-order valence-corrected chi connectivity index (χ3v) is 3.74. The van der Waals surface area contributed by atoms with E-state index in [0.717, 1.165) is 51.5 Å². The van der Waals surface area contributed by atoms with Crippen LogP contribution >= 0.6 is 0 Å². The fraction of sp³-hybridized carbons (Fsp3) is 0.647. The Bertz CT molecular complexity index is 364. The number of nitrogens with zero attached hydrogens (tertiary/aromatic N) is 2. The Labute approximate surface area is 124 Å². The van der Waals surface area contributed by atoms with Crippen molar-refractivity contribution in [2.24, 2.45) is 0 Å². The molecule has 1 rings (SSSR count). The van der Waals surface area contributed by atoms with Crippen molar-refractivity contribution >= 4 is 0 Å². The summed E-state index contributed by atoms with van der Waals surface area (Å²) in [6.45, 7) is 12.8. The molecule has 0 saturated heterocycles. The van der Waals surface area contributed by atoms with Crippen LogP contribution in [0.4, 0.5) is 0 Å². The Morgan fingerprint density at radius 2 is 1.75 bits per heavy atom. The van der Waals surface area contributed by atoms with E-state index >= 15 is 0 Å². The number of benzene rings is 1. The van der Waals surface area contributed by atoms with Gasteiger partial charge in [-0.2, -0.15) is 0 Å². The van der Waals surface area contributed by atoms with Crippen LogP contribution in [0.25, 0.3) is 0 Å². The SMILES string of the molecule is CCc1cccc(OCCN(C)CCN(CC)CC)c1. The fourth-order valence-electron chi connectivity index (χ4n) is 2.14. The van der Waals surface area contributed by atoms with Gasteiger partial charge in [-0.15, -0.1) is 0 Å². The Kier molecular flexibility index (Phi) is 8.31. The van der Waals surface area contributed by atoms with Crippen LogP contribution in [0.1, 0.15) is 26.3 Å². The van der Waals surface area contributed by atoms with Crippen LogP contribution in [0.3, 0.4) is 0 Å². The molecule has 1 aromatic carbocycles. The van der Waals surface area contributed by atoms with Crippen LogP contribution in [0.5, 0.6) is 5.75 Å². The molecule has 0 atom stereocenters. The lowest BCUT2D eigenvalue weighted by atomic mass is 10.2. The van der Waals surface area contributed by atoms with E-state index < -0.39 is 0 Å². The van der Waals surface area contributed by atoms with Gasteiger partial charge in [0.05, 0.1) is 0 Å². The highest BCUT2D eigenvalue weighted by Crippen LogP contribution is 2.13. The molecule has 0 aliphatic rings. The van der Waals surface area contributed by atoms with E-state index in [1.54, 1.807) is 0 Å². The molecule has 114 valence electrons. The van der Waals surface area contributed by atoms with Crippen molar-refractivity contribution in [3.8, 4) is 5.75 Å². The zero-order valence-electron chi connectivity index (χ0n) is 13.6. The lowest BCUT2D eigenvalue weighted by Crippen LogP contribution is -2.34. The third kappa shape index (κ3) is 6.40. The van der Waals surface area contributed by atoms with E-state index in [4.69, 9.17) is 4.74 Å². The maximum atomic E-state index is 5.82. The normalized spacial score (nSPS) is 11.3. The summed E-state index contributed by atoms with van der Waals surface area (Å²) in [4.78, 5) is 4.78. The summed E-state index contributed by atoms with van der Waals surface area (Å²) in [5.41, 5.74) is 1.33. The van der Waals surface area contributed by atoms with Crippen molar-refractivity contribution < 1.29 is 4.74 Å². The van der Waals surface area contributed by atoms with E-state index in [-0.39, 0.29) is 0 Å². The van der Waals surface area contributed by atoms with E-state index in [9.17, 15) is 0 Å². The third-order valence-electron chi connectivity index (χ3n) is 3.74. The summed E-state index contributed by atoms with van der Waals surface area (Å²) >= 11 is 0. The zero-order valence-corrected chi connectivity index (χ0v) is 13.6. The summed E-state index contributed by atoms with van der Waals surface area (Å²) in [5, 5.41) is 0. The van der Waals surface area contributed by atoms with Gasteiger partial charge >= 0.3 is 0 Å². The lowest BCUT2D eigenvalue weighted by Gasteiger charge is -2.23. The van der Waals surface area contributed by atoms with Crippen LogP contribution < -0.4 is 4.74 Å². The topological polar surface area (TPSA) is 15.7 Å². The molecule has 0 amide bonds. The van der Waals surface area contributed by atoms with Crippen LogP contribution in [0.15, 0.2) is 24.3 Å². The first-order valence-electron chi connectivity index (χ1n) is 7.82. The maximum Gasteiger partial charge on any atom is 0.119 e. The van der Waals surface area contributed by atoms with Crippen LogP contribution in [-0.4, -0.2) is 56.2 Å². The first kappa shape index (κ1) is 17.0. The monoisotopic (exact) mass is 278 g/mol. The molecule has 0 unspecified atom stereocenters. The van der Waals surface area contributed by atoms with Crippen LogP contribution in [-0.2, 0) is 6.42 Å². The standard InChI is InChI=1S/C17H30N2O/c1-5-16-9-8-10-17(15-16)20-14-13-18(4)11-12-19(6-2)7-3/h8-10,15H,5-7,11-14H2,1-4H3. The number of likely N-dealkylation sites (N-methyl/N-ethyl adjacent to an activating group) is 2. The van der Waals surface area contributed by atoms with Gasteiger partial charge in [0, 0.05) is 19.6 Å². The summed E-state index contributed by atoms with van der Waals surface area (Å²) in [5.74, 6) is 0.987. The molecule has 3 nitrogen and oxygen atoms in total. The first-order chi connectivity index (χ1) is 9.69. The van der Waals surface area contributed by atoms with Crippen molar-refractivity contribution in [2.45, 2.75) is 27.2 Å². The largest absolute Gasteiger partial charge is 0.492 e. The summed E-state index contributed by atoms with van der Waals surface area (Å²) in [6, 6.07) is 8.38. The number of rotatable bonds is 10. The van der Waals surface area contributed by atoms with Gasteiger partial charge in [-0.1, -0.05) is 32.9 Å². The van der Waals surface area contributed by atoms with Gasteiger partial charge in [0.2, 0.25) is 0 Å². The predicted octanol–water partition coefficient (Wildman–Crippen LogP) is 2.90. The summed E-state index contributed by atoms with van der Waals surface area (Å²) < 4.78 is 5.82. The Hall–Kier alpha value is -1.06. The second kappa shape index (κ2) is 9.78. The molecule has 0 aromatic heterocycles. The smallest absolute Gasteiger partial charge is 0.119 e. The van der Waals surface area contributed by atoms with Gasteiger partial charge in [-0.05, 0) is 44.3 Å². The van der Waals surface area contributed by atoms with E-state index in [1.165, 1.54) is 5.56 Å². The molecule has 0 saturated carbocycles. The molecular formula is C17H30N2O. The van der Waals surface area contributed by atoms with Crippen LogP contribution in [0, 0.1) is 0 Å². The molecule has 20 heavy (non-hydrogen) atoms. The highest BCUT2D eigenvalue weighted by molar-refractivity contribution is 5.28. The molecule has 1 aromatic rings. The lowest BCUT2D eigenvalue weighted by molar-refractivity contribution is 0.206. The first-order valence-corrected chi connectivity index (χ1v) is 7.82. The van der Waals surface area contributed by atoms with Gasteiger partial charge in [0.1, 0.15) is 12.4 Å². The van der Waals surface area contributed by atoms with Crippen molar-refractivity contribution in [3.63, 3.8) is 0 Å². The van der Waals surface area contributed by atoms with E-state index in [0.29, 0.717) is 0 Å². The second-order valence-electron chi connectivity index (χ2n) is 5.18. The predicted molar refractivity (Wildman–Crippen MR) is 86.6 cm³/mol. The second-order valence-corrected chi connectivity index (χ2v) is 5.18. The average molecular weight is 278 g/mol. The van der Waals surface area contributed by atoms with E-state index in [2.05, 4.69) is 55.8 Å². The molecule has 0 aliphatic heterocycles. The Morgan fingerprint density at radius 3 is 2.40 bits per heavy atom. The van der Waals surface area contributed by atoms with Crippen LogP contribution in [0.2, 0.25) is 0 Å². The Morgan fingerprint density at radius 1 is 1.00 bits per heavy atom. The van der Waals surface area contributed by atoms with Gasteiger partial charge in [0.25, 0.3) is 0 Å². The summed E-state index contributed by atoms with van der Waals surface area (Å²) in [7, 11) is 2.16. The molecule has 0 heterocycles. The molecule has 0 bridgehead atoms. The minimum Gasteiger partial charge on any atom is -0.492 e. The number of hydrogen-bond acceptors (Lipinski definition) is 3. The van der Waals surface area contributed by atoms with Gasteiger partial charge in [-0.25, -0.2) is 0 Å². The highest BCUT2D eigenvalue weighted by Gasteiger charge is 2.03. The Balaban J connectivity index is 2.22. The summed E-state index contributed by atoms with van der Waals surface area (Å²) in [6.07, 6.45) is 1.06. The molecule has 0 N–H and O–H groups in total. The number of aryl methyl sites for hydroxylation is 1. The molecule has 0 fully saturated rings. The van der Waals surface area contributed by atoms with Gasteiger partial charge < -0.3 is 14.5 Å². The molecular weight excluding hydrogens is 248 g/mol. The van der Waals surface area contributed by atoms with Crippen molar-refractivity contribution in [1.82, 2.24) is 9.80 Å². The molecule has 0 radical (unpaired) electrons. The minimum absolute atomic E-state index is 0.752. The van der Waals surface area contributed by atoms with Crippen molar-refractivity contribution in [2.75, 3.05) is 46.4 Å². The molecule has 0 spiro atoms. The van der Waals surface area contributed by atoms with Gasteiger partial charge in [0.15, 0.2) is 0 Å². The number of ether oxygens (including phenoxy) is 1. The minimum atomic E-state index is 0.752. The number of hydrogen-bond donors (Lipinski definition) is 0. The molecule has 3 heteroatoms. The van der Waals surface area contributed by atoms with E-state index in [1.807, 2.05) is 6.07 Å². The highest BCUT2D eigenvalue weighted by atomic mass is 16.5. The quantitative estimate of drug-likeness (QED) is 0.654. The van der Waals surface area contributed by atoms with Crippen molar-refractivity contribution in [3.05, 3.63) is 29.8 Å². The maximum absolute atomic E-state index is 5.82.